The lowest BCUT2D eigenvalue weighted by molar-refractivity contribution is 0.154. The molecule has 0 unspecified atom stereocenters. The molecular weight excluding hydrogens is 287 g/mol. The number of rotatable bonds is 7. The standard InChI is InChI=1S/C16H25FN2O3/c1-20-14-11-16(22-3)15(21-2)10-12(14)13(4-5-17)19-8-6-18-7-9-19/h10-11,13,18H,4-9H2,1-3H3/t13-/m0/s1. The van der Waals surface area contributed by atoms with Gasteiger partial charge >= 0.3 is 0 Å². The van der Waals surface area contributed by atoms with E-state index in [1.807, 2.05) is 12.1 Å². The fourth-order valence-electron chi connectivity index (χ4n) is 2.95. The van der Waals surface area contributed by atoms with Gasteiger partial charge in [-0.3, -0.25) is 9.29 Å². The molecule has 124 valence electrons. The number of benzene rings is 1. The lowest BCUT2D eigenvalue weighted by atomic mass is 9.99. The Morgan fingerprint density at radius 1 is 1.05 bits per heavy atom. The van der Waals surface area contributed by atoms with Gasteiger partial charge in [-0.2, -0.15) is 0 Å². The summed E-state index contributed by atoms with van der Waals surface area (Å²) in [4.78, 5) is 2.29. The van der Waals surface area contributed by atoms with Crippen molar-refractivity contribution in [3.05, 3.63) is 17.7 Å². The highest BCUT2D eigenvalue weighted by Gasteiger charge is 2.26. The van der Waals surface area contributed by atoms with E-state index in [9.17, 15) is 4.39 Å². The van der Waals surface area contributed by atoms with Gasteiger partial charge in [-0.15, -0.1) is 0 Å². The minimum atomic E-state index is -0.369. The Morgan fingerprint density at radius 3 is 2.18 bits per heavy atom. The Hall–Kier alpha value is -1.53. The second-order valence-corrected chi connectivity index (χ2v) is 5.23. The molecule has 0 aromatic heterocycles. The molecule has 1 atom stereocenters. The summed E-state index contributed by atoms with van der Waals surface area (Å²) in [5, 5.41) is 3.32. The van der Waals surface area contributed by atoms with Gasteiger partial charge in [0.1, 0.15) is 5.75 Å². The monoisotopic (exact) mass is 312 g/mol. The molecule has 1 aromatic carbocycles. The molecule has 0 bridgehead atoms. The molecule has 5 nitrogen and oxygen atoms in total. The Balaban J connectivity index is 2.40. The zero-order valence-corrected chi connectivity index (χ0v) is 13.5. The van der Waals surface area contributed by atoms with Gasteiger partial charge in [0.05, 0.1) is 28.0 Å². The van der Waals surface area contributed by atoms with E-state index in [1.165, 1.54) is 0 Å². The molecule has 1 aromatic rings. The number of piperazine rings is 1. The van der Waals surface area contributed by atoms with Crippen molar-refractivity contribution in [3.8, 4) is 17.2 Å². The normalized spacial score (nSPS) is 17.1. The fraction of sp³-hybridized carbons (Fsp3) is 0.625. The minimum Gasteiger partial charge on any atom is -0.496 e. The molecular formula is C16H25FN2O3. The fourth-order valence-corrected chi connectivity index (χ4v) is 2.95. The Kier molecular flexibility index (Phi) is 6.27. The number of methoxy groups -OCH3 is 3. The van der Waals surface area contributed by atoms with Gasteiger partial charge in [0.15, 0.2) is 11.5 Å². The maximum absolute atomic E-state index is 13.1. The summed E-state index contributed by atoms with van der Waals surface area (Å²) in [6.45, 7) is 3.24. The summed E-state index contributed by atoms with van der Waals surface area (Å²) in [6.07, 6.45) is 0.436. The zero-order valence-electron chi connectivity index (χ0n) is 13.5. The van der Waals surface area contributed by atoms with Crippen molar-refractivity contribution in [1.82, 2.24) is 10.2 Å². The van der Waals surface area contributed by atoms with Gasteiger partial charge in [-0.05, 0) is 12.5 Å². The molecule has 0 radical (unpaired) electrons. The van der Waals surface area contributed by atoms with Crippen molar-refractivity contribution in [2.24, 2.45) is 0 Å². The van der Waals surface area contributed by atoms with E-state index < -0.39 is 0 Å². The summed E-state index contributed by atoms with van der Waals surface area (Å²) in [5.74, 6) is 1.95. The summed E-state index contributed by atoms with van der Waals surface area (Å²) in [7, 11) is 4.81. The van der Waals surface area contributed by atoms with Crippen LogP contribution in [-0.4, -0.2) is 59.1 Å². The van der Waals surface area contributed by atoms with Crippen LogP contribution in [0, 0.1) is 0 Å². The minimum absolute atomic E-state index is 0.0261. The van der Waals surface area contributed by atoms with Crippen LogP contribution >= 0.6 is 0 Å². The number of hydrogen-bond donors (Lipinski definition) is 1. The lowest BCUT2D eigenvalue weighted by Gasteiger charge is -2.35. The molecule has 6 heteroatoms. The molecule has 2 rings (SSSR count). The Labute approximate surface area is 131 Å². The first-order chi connectivity index (χ1) is 10.7. The molecule has 1 aliphatic rings. The quantitative estimate of drug-likeness (QED) is 0.834. The van der Waals surface area contributed by atoms with Gasteiger partial charge in [0, 0.05) is 43.9 Å². The van der Waals surface area contributed by atoms with E-state index in [0.29, 0.717) is 23.7 Å². The van der Waals surface area contributed by atoms with Crippen LogP contribution in [0.5, 0.6) is 17.2 Å². The average molecular weight is 312 g/mol. The molecule has 0 spiro atoms. The topological polar surface area (TPSA) is 43.0 Å². The van der Waals surface area contributed by atoms with Gasteiger partial charge in [-0.1, -0.05) is 0 Å². The van der Waals surface area contributed by atoms with Crippen molar-refractivity contribution < 1.29 is 18.6 Å². The van der Waals surface area contributed by atoms with E-state index in [-0.39, 0.29) is 12.7 Å². The van der Waals surface area contributed by atoms with Gasteiger partial charge < -0.3 is 19.5 Å². The summed E-state index contributed by atoms with van der Waals surface area (Å²) < 4.78 is 29.3. The molecule has 1 heterocycles. The van der Waals surface area contributed by atoms with Crippen LogP contribution in [0.3, 0.4) is 0 Å². The predicted octanol–water partition coefficient (Wildman–Crippen LogP) is 2.02. The van der Waals surface area contributed by atoms with Gasteiger partial charge in [-0.25, -0.2) is 0 Å². The molecule has 0 saturated carbocycles. The highest BCUT2D eigenvalue weighted by Crippen LogP contribution is 2.40. The highest BCUT2D eigenvalue weighted by atomic mass is 19.1. The van der Waals surface area contributed by atoms with Crippen LogP contribution in [0.2, 0.25) is 0 Å². The van der Waals surface area contributed by atoms with Crippen LogP contribution in [0.25, 0.3) is 0 Å². The van der Waals surface area contributed by atoms with E-state index in [1.54, 1.807) is 21.3 Å². The lowest BCUT2D eigenvalue weighted by Crippen LogP contribution is -2.45. The van der Waals surface area contributed by atoms with Crippen molar-refractivity contribution in [2.75, 3.05) is 54.2 Å². The van der Waals surface area contributed by atoms with Crippen LogP contribution in [-0.2, 0) is 0 Å². The van der Waals surface area contributed by atoms with Gasteiger partial charge in [0.25, 0.3) is 0 Å². The average Bonchev–Trinajstić information content (AvgIpc) is 2.59. The van der Waals surface area contributed by atoms with E-state index in [2.05, 4.69) is 10.2 Å². The van der Waals surface area contributed by atoms with Crippen molar-refractivity contribution in [2.45, 2.75) is 12.5 Å². The molecule has 1 saturated heterocycles. The number of nitrogens with one attached hydrogen (secondary N) is 1. The van der Waals surface area contributed by atoms with Crippen LogP contribution in [0.4, 0.5) is 4.39 Å². The van der Waals surface area contributed by atoms with Crippen molar-refractivity contribution in [3.63, 3.8) is 0 Å². The largest absolute Gasteiger partial charge is 0.496 e. The molecule has 1 fully saturated rings. The van der Waals surface area contributed by atoms with Crippen LogP contribution in [0.15, 0.2) is 12.1 Å². The zero-order chi connectivity index (χ0) is 15.9. The van der Waals surface area contributed by atoms with Crippen LogP contribution < -0.4 is 19.5 Å². The number of nitrogens with zero attached hydrogens (tertiary/aromatic N) is 1. The molecule has 0 amide bonds. The summed E-state index contributed by atoms with van der Waals surface area (Å²) in [5.41, 5.74) is 0.944. The first kappa shape index (κ1) is 16.8. The number of halogens is 1. The van der Waals surface area contributed by atoms with E-state index in [0.717, 1.165) is 31.7 Å². The van der Waals surface area contributed by atoms with Crippen LogP contribution in [0.1, 0.15) is 18.0 Å². The van der Waals surface area contributed by atoms with Crippen molar-refractivity contribution >= 4 is 0 Å². The van der Waals surface area contributed by atoms with Gasteiger partial charge in [0.2, 0.25) is 0 Å². The second-order valence-electron chi connectivity index (χ2n) is 5.23. The molecule has 0 aliphatic carbocycles. The third-order valence-electron chi connectivity index (χ3n) is 4.07. The Bertz CT molecular complexity index is 479. The second kappa shape index (κ2) is 8.19. The maximum atomic E-state index is 13.1. The van der Waals surface area contributed by atoms with Crippen molar-refractivity contribution in [1.29, 1.82) is 0 Å². The SMILES string of the molecule is COc1cc(OC)c([C@H](CCF)N2CCNCC2)cc1OC. The number of hydrogen-bond acceptors (Lipinski definition) is 5. The molecule has 1 aliphatic heterocycles. The Morgan fingerprint density at radius 2 is 1.64 bits per heavy atom. The van der Waals surface area contributed by atoms with E-state index >= 15 is 0 Å². The predicted molar refractivity (Wildman–Crippen MR) is 83.9 cm³/mol. The smallest absolute Gasteiger partial charge is 0.164 e. The van der Waals surface area contributed by atoms with E-state index in [4.69, 9.17) is 14.2 Å². The number of ether oxygens (including phenoxy) is 3. The molecule has 1 N–H and O–H groups in total. The maximum Gasteiger partial charge on any atom is 0.164 e. The first-order valence-electron chi connectivity index (χ1n) is 7.55. The molecule has 22 heavy (non-hydrogen) atoms. The highest BCUT2D eigenvalue weighted by molar-refractivity contribution is 5.52. The summed E-state index contributed by atoms with van der Waals surface area (Å²) in [6, 6.07) is 3.68. The first-order valence-corrected chi connectivity index (χ1v) is 7.55. The number of alkyl halides is 1. The summed E-state index contributed by atoms with van der Waals surface area (Å²) >= 11 is 0. The third-order valence-corrected chi connectivity index (χ3v) is 4.07. The third kappa shape index (κ3) is 3.62.